The van der Waals surface area contributed by atoms with Crippen molar-refractivity contribution in [2.75, 3.05) is 25.4 Å². The molecule has 174 valence electrons. The van der Waals surface area contributed by atoms with E-state index in [1.165, 1.54) is 17.8 Å². The molecule has 0 radical (unpaired) electrons. The summed E-state index contributed by atoms with van der Waals surface area (Å²) in [6.07, 6.45) is -1.12. The van der Waals surface area contributed by atoms with E-state index in [1.807, 2.05) is 24.3 Å². The van der Waals surface area contributed by atoms with E-state index in [-0.39, 0.29) is 12.4 Å². The first-order valence-corrected chi connectivity index (χ1v) is 11.7. The summed E-state index contributed by atoms with van der Waals surface area (Å²) < 4.78 is 29.0. The van der Waals surface area contributed by atoms with E-state index in [4.69, 9.17) is 19.7 Å². The fourth-order valence-electron chi connectivity index (χ4n) is 4.13. The van der Waals surface area contributed by atoms with Gasteiger partial charge in [0.1, 0.15) is 36.5 Å². The van der Waals surface area contributed by atoms with Crippen LogP contribution in [0.5, 0.6) is 5.75 Å². The second-order valence-electron chi connectivity index (χ2n) is 7.85. The Kier molecular flexibility index (Phi) is 7.24. The Morgan fingerprint density at radius 1 is 1.25 bits per heavy atom. The summed E-state index contributed by atoms with van der Waals surface area (Å²) in [4.78, 5) is 25.0. The van der Waals surface area contributed by atoms with Crippen molar-refractivity contribution in [1.29, 1.82) is 0 Å². The van der Waals surface area contributed by atoms with Gasteiger partial charge < -0.3 is 35.0 Å². The largest absolute Gasteiger partial charge is 0.491 e. The molecule has 0 spiro atoms. The lowest BCUT2D eigenvalue weighted by molar-refractivity contribution is -0.0511. The van der Waals surface area contributed by atoms with Gasteiger partial charge in [0.15, 0.2) is 6.23 Å². The first-order valence-electron chi connectivity index (χ1n) is 10.4. The lowest BCUT2D eigenvalue weighted by Crippen LogP contribution is -2.37. The van der Waals surface area contributed by atoms with Crippen LogP contribution in [0.2, 0.25) is 0 Å². The average Bonchev–Trinajstić information content (AvgIpc) is 3.08. The number of nitrogen functional groups attached to an aromatic ring is 1. The SMILES string of the molecule is Nc1ccn([C@@H]2O[C@H](COc3ccc(C4CCNCC4)cc3)[C@@H](O[PH](=O)O)[C@H]2O)c(=O)n1. The Bertz CT molecular complexity index is 996. The number of hydrogen-bond acceptors (Lipinski definition) is 9. The molecular formula is C20H27N4O7P. The number of rotatable bonds is 7. The molecule has 3 heterocycles. The van der Waals surface area contributed by atoms with Gasteiger partial charge in [-0.2, -0.15) is 4.98 Å². The van der Waals surface area contributed by atoms with Gasteiger partial charge in [0.25, 0.3) is 0 Å². The Morgan fingerprint density at radius 3 is 2.62 bits per heavy atom. The Morgan fingerprint density at radius 2 is 1.97 bits per heavy atom. The number of benzene rings is 1. The van der Waals surface area contributed by atoms with Gasteiger partial charge in [-0.3, -0.25) is 9.13 Å². The molecule has 2 aromatic rings. The molecule has 2 saturated heterocycles. The molecule has 2 aliphatic heterocycles. The van der Waals surface area contributed by atoms with Crippen LogP contribution in [0.1, 0.15) is 30.6 Å². The van der Waals surface area contributed by atoms with Crippen molar-refractivity contribution in [1.82, 2.24) is 14.9 Å². The number of nitrogens with one attached hydrogen (secondary N) is 1. The first kappa shape index (κ1) is 22.9. The van der Waals surface area contributed by atoms with Crippen LogP contribution in [0, 0.1) is 0 Å². The highest BCUT2D eigenvalue weighted by molar-refractivity contribution is 7.32. The van der Waals surface area contributed by atoms with Crippen LogP contribution in [0.15, 0.2) is 41.3 Å². The van der Waals surface area contributed by atoms with Crippen molar-refractivity contribution in [2.24, 2.45) is 0 Å². The summed E-state index contributed by atoms with van der Waals surface area (Å²) in [7, 11) is -3.38. The number of nitrogens with zero attached hydrogens (tertiary/aromatic N) is 2. The standard InChI is InChI=1S/C20H27N4O7P/c21-16-7-10-24(20(26)23-16)19-17(25)18(31-32(27)28)15(30-19)11-29-14-3-1-12(2-4-14)13-5-8-22-9-6-13/h1-4,7,10,13,15,17-19,22,25,32H,5-6,8-9,11H2,(H,27,28)(H2,21,23,26)/t15-,17-,18-,19-/m1/s1. The Labute approximate surface area is 185 Å². The first-order chi connectivity index (χ1) is 15.4. The number of hydrogen-bond donors (Lipinski definition) is 4. The van der Waals surface area contributed by atoms with E-state index in [0.717, 1.165) is 30.5 Å². The molecule has 32 heavy (non-hydrogen) atoms. The number of anilines is 1. The van der Waals surface area contributed by atoms with Crippen molar-refractivity contribution in [3.05, 3.63) is 52.6 Å². The predicted molar refractivity (Wildman–Crippen MR) is 116 cm³/mol. The van der Waals surface area contributed by atoms with Crippen LogP contribution in [0.3, 0.4) is 0 Å². The van der Waals surface area contributed by atoms with Crippen molar-refractivity contribution < 1.29 is 28.6 Å². The maximum atomic E-state index is 12.1. The number of ether oxygens (including phenoxy) is 2. The monoisotopic (exact) mass is 466 g/mol. The zero-order valence-electron chi connectivity index (χ0n) is 17.3. The molecule has 0 bridgehead atoms. The van der Waals surface area contributed by atoms with E-state index in [9.17, 15) is 19.4 Å². The number of aliphatic hydroxyl groups is 1. The van der Waals surface area contributed by atoms with Gasteiger partial charge in [-0.15, -0.1) is 0 Å². The van der Waals surface area contributed by atoms with Crippen LogP contribution in [-0.2, 0) is 13.8 Å². The summed E-state index contributed by atoms with van der Waals surface area (Å²) in [6.45, 7) is 1.96. The smallest absolute Gasteiger partial charge is 0.351 e. The molecule has 2 aliphatic rings. The van der Waals surface area contributed by atoms with E-state index in [2.05, 4.69) is 10.3 Å². The fourth-order valence-corrected chi connectivity index (χ4v) is 4.66. The van der Waals surface area contributed by atoms with E-state index in [1.54, 1.807) is 0 Å². The lowest BCUT2D eigenvalue weighted by Gasteiger charge is -2.23. The van der Waals surface area contributed by atoms with Gasteiger partial charge in [0.05, 0.1) is 0 Å². The quantitative estimate of drug-likeness (QED) is 0.421. The van der Waals surface area contributed by atoms with Crippen LogP contribution in [0.25, 0.3) is 0 Å². The molecule has 11 nitrogen and oxygen atoms in total. The van der Waals surface area contributed by atoms with Gasteiger partial charge in [-0.1, -0.05) is 12.1 Å². The number of piperidine rings is 1. The third-order valence-corrected chi connectivity index (χ3v) is 6.25. The third-order valence-electron chi connectivity index (χ3n) is 5.78. The van der Waals surface area contributed by atoms with Crippen molar-refractivity contribution in [2.45, 2.75) is 43.3 Å². The summed E-state index contributed by atoms with van der Waals surface area (Å²) in [6, 6.07) is 9.16. The lowest BCUT2D eigenvalue weighted by atomic mass is 9.90. The molecule has 0 saturated carbocycles. The molecule has 1 aromatic heterocycles. The summed E-state index contributed by atoms with van der Waals surface area (Å²) in [5.41, 5.74) is 6.03. The van der Waals surface area contributed by atoms with Crippen molar-refractivity contribution >= 4 is 14.1 Å². The summed E-state index contributed by atoms with van der Waals surface area (Å²) in [5, 5.41) is 14.0. The van der Waals surface area contributed by atoms with Gasteiger partial charge in [0.2, 0.25) is 0 Å². The van der Waals surface area contributed by atoms with Gasteiger partial charge >= 0.3 is 13.9 Å². The molecule has 0 aliphatic carbocycles. The van der Waals surface area contributed by atoms with Crippen molar-refractivity contribution in [3.8, 4) is 5.75 Å². The second-order valence-corrected chi connectivity index (χ2v) is 8.62. The third kappa shape index (κ3) is 5.20. The minimum Gasteiger partial charge on any atom is -0.491 e. The zero-order chi connectivity index (χ0) is 22.7. The highest BCUT2D eigenvalue weighted by atomic mass is 31.1. The second kappa shape index (κ2) is 10.1. The maximum absolute atomic E-state index is 12.1. The van der Waals surface area contributed by atoms with Gasteiger partial charge in [-0.25, -0.2) is 4.79 Å². The molecule has 4 rings (SSSR count). The number of nitrogens with two attached hydrogens (primary N) is 1. The summed E-state index contributed by atoms with van der Waals surface area (Å²) in [5.74, 6) is 1.14. The molecule has 5 atom stereocenters. The summed E-state index contributed by atoms with van der Waals surface area (Å²) >= 11 is 0. The molecule has 12 heteroatoms. The van der Waals surface area contributed by atoms with Crippen LogP contribution in [-0.4, -0.2) is 57.6 Å². The van der Waals surface area contributed by atoms with E-state index in [0.29, 0.717) is 11.7 Å². The molecule has 1 aromatic carbocycles. The minimum atomic E-state index is -3.38. The topological polar surface area (TPSA) is 158 Å². The number of aromatic nitrogens is 2. The number of aliphatic hydroxyl groups excluding tert-OH is 1. The predicted octanol–water partition coefficient (Wildman–Crippen LogP) is 0.397. The molecular weight excluding hydrogens is 439 g/mol. The van der Waals surface area contributed by atoms with Crippen LogP contribution >= 0.6 is 8.25 Å². The average molecular weight is 466 g/mol. The Balaban J connectivity index is 1.45. The highest BCUT2D eigenvalue weighted by Crippen LogP contribution is 2.36. The molecule has 2 fully saturated rings. The minimum absolute atomic E-state index is 0.0276. The normalized spacial score (nSPS) is 27.3. The molecule has 5 N–H and O–H groups in total. The van der Waals surface area contributed by atoms with E-state index >= 15 is 0 Å². The van der Waals surface area contributed by atoms with Crippen LogP contribution in [0.4, 0.5) is 5.82 Å². The Hall–Kier alpha value is -2.27. The molecule has 1 unspecified atom stereocenters. The van der Waals surface area contributed by atoms with Crippen molar-refractivity contribution in [3.63, 3.8) is 0 Å². The van der Waals surface area contributed by atoms with Crippen LogP contribution < -0.4 is 21.5 Å². The maximum Gasteiger partial charge on any atom is 0.351 e. The van der Waals surface area contributed by atoms with E-state index < -0.39 is 38.5 Å². The highest BCUT2D eigenvalue weighted by Gasteiger charge is 2.47. The molecule has 0 amide bonds. The zero-order valence-corrected chi connectivity index (χ0v) is 18.3. The fraction of sp³-hybridized carbons (Fsp3) is 0.500. The van der Waals surface area contributed by atoms with Gasteiger partial charge in [-0.05, 0) is 55.6 Å². The van der Waals surface area contributed by atoms with Gasteiger partial charge in [0, 0.05) is 6.20 Å².